The number of amides is 1. The van der Waals surface area contributed by atoms with Crippen molar-refractivity contribution in [2.24, 2.45) is 11.8 Å². The fourth-order valence-electron chi connectivity index (χ4n) is 4.37. The minimum Gasteiger partial charge on any atom is -0.341 e. The number of rotatable bonds is 3. The molecule has 0 aromatic heterocycles. The van der Waals surface area contributed by atoms with E-state index in [0.29, 0.717) is 17.7 Å². The average molecular weight is 317 g/mol. The summed E-state index contributed by atoms with van der Waals surface area (Å²) < 4.78 is 13.0. The second kappa shape index (κ2) is 6.21. The van der Waals surface area contributed by atoms with Gasteiger partial charge < -0.3 is 10.2 Å². The van der Waals surface area contributed by atoms with Gasteiger partial charge in [-0.1, -0.05) is 12.1 Å². The Bertz CT molecular complexity index is 564. The van der Waals surface area contributed by atoms with Crippen LogP contribution in [-0.4, -0.2) is 54.5 Å². The smallest absolute Gasteiger partial charge is 0.239 e. The summed E-state index contributed by atoms with van der Waals surface area (Å²) in [6.45, 7) is 5.63. The molecule has 4 nitrogen and oxygen atoms in total. The lowest BCUT2D eigenvalue weighted by atomic mass is 10.0. The molecule has 23 heavy (non-hydrogen) atoms. The van der Waals surface area contributed by atoms with E-state index in [1.165, 1.54) is 12.1 Å². The Hall–Kier alpha value is -1.46. The molecule has 3 aliphatic heterocycles. The molecule has 3 atom stereocenters. The van der Waals surface area contributed by atoms with Crippen molar-refractivity contribution in [1.29, 1.82) is 0 Å². The summed E-state index contributed by atoms with van der Waals surface area (Å²) in [5.74, 6) is 1.39. The van der Waals surface area contributed by atoms with Gasteiger partial charge in [-0.3, -0.25) is 9.69 Å². The number of benzene rings is 1. The van der Waals surface area contributed by atoms with Crippen LogP contribution in [0.3, 0.4) is 0 Å². The van der Waals surface area contributed by atoms with Crippen LogP contribution < -0.4 is 5.32 Å². The van der Waals surface area contributed by atoms with Gasteiger partial charge in [0.2, 0.25) is 5.91 Å². The summed E-state index contributed by atoms with van der Waals surface area (Å²) in [5.41, 5.74) is 1.08. The van der Waals surface area contributed by atoms with Crippen LogP contribution in [0.5, 0.6) is 0 Å². The van der Waals surface area contributed by atoms with Crippen molar-refractivity contribution < 1.29 is 9.18 Å². The summed E-state index contributed by atoms with van der Waals surface area (Å²) in [6, 6.07) is 6.64. The molecule has 0 spiro atoms. The fourth-order valence-corrected chi connectivity index (χ4v) is 4.37. The molecule has 0 bridgehead atoms. The molecular weight excluding hydrogens is 293 g/mol. The van der Waals surface area contributed by atoms with Crippen LogP contribution >= 0.6 is 0 Å². The van der Waals surface area contributed by atoms with Gasteiger partial charge >= 0.3 is 0 Å². The third kappa shape index (κ3) is 3.00. The van der Waals surface area contributed by atoms with Crippen LogP contribution in [-0.2, 0) is 11.3 Å². The maximum atomic E-state index is 13.0. The maximum absolute atomic E-state index is 13.0. The summed E-state index contributed by atoms with van der Waals surface area (Å²) in [4.78, 5) is 17.3. The Kier molecular flexibility index (Phi) is 4.07. The molecule has 1 aromatic rings. The molecule has 3 heterocycles. The lowest BCUT2D eigenvalue weighted by molar-refractivity contribution is -0.135. The number of carbonyl (C=O) groups excluding carboxylic acids is 1. The van der Waals surface area contributed by atoms with E-state index in [1.807, 2.05) is 12.1 Å². The van der Waals surface area contributed by atoms with Crippen molar-refractivity contribution in [2.45, 2.75) is 25.4 Å². The van der Waals surface area contributed by atoms with Crippen molar-refractivity contribution in [3.8, 4) is 0 Å². The zero-order valence-corrected chi connectivity index (χ0v) is 13.4. The first kappa shape index (κ1) is 15.1. The molecular formula is C18H24FN3O. The number of halogens is 1. The molecule has 0 saturated carbocycles. The summed E-state index contributed by atoms with van der Waals surface area (Å²) in [5, 5.41) is 3.42. The Morgan fingerprint density at radius 3 is 2.57 bits per heavy atom. The standard InChI is InChI=1S/C18H24FN3O/c19-16-5-3-13(4-6-16)10-21-7-1-2-17(21)18(23)22-11-14-8-20-9-15(14)12-22/h3-6,14-15,17,20H,1-2,7-12H2/t14-,15+,17?. The second-order valence-corrected chi connectivity index (χ2v) is 7.18. The number of nitrogens with one attached hydrogen (secondary N) is 1. The number of hydrogen-bond acceptors (Lipinski definition) is 3. The minimum absolute atomic E-state index is 0.00633. The highest BCUT2D eigenvalue weighted by Crippen LogP contribution is 2.29. The van der Waals surface area contributed by atoms with Gasteiger partial charge in [0.05, 0.1) is 6.04 Å². The Morgan fingerprint density at radius 2 is 1.87 bits per heavy atom. The average Bonchev–Trinajstić information content (AvgIpc) is 3.24. The van der Waals surface area contributed by atoms with Gasteiger partial charge in [-0.15, -0.1) is 0 Å². The van der Waals surface area contributed by atoms with E-state index in [9.17, 15) is 9.18 Å². The van der Waals surface area contributed by atoms with E-state index < -0.39 is 0 Å². The van der Waals surface area contributed by atoms with Crippen molar-refractivity contribution >= 4 is 5.91 Å². The normalized spacial score (nSPS) is 30.8. The van der Waals surface area contributed by atoms with Gasteiger partial charge in [-0.25, -0.2) is 4.39 Å². The highest BCUT2D eigenvalue weighted by atomic mass is 19.1. The molecule has 3 aliphatic rings. The lowest BCUT2D eigenvalue weighted by Crippen LogP contribution is -2.45. The van der Waals surface area contributed by atoms with Gasteiger partial charge in [0, 0.05) is 32.7 Å². The monoisotopic (exact) mass is 317 g/mol. The summed E-state index contributed by atoms with van der Waals surface area (Å²) in [7, 11) is 0. The van der Waals surface area contributed by atoms with Gasteiger partial charge in [-0.2, -0.15) is 0 Å². The molecule has 3 fully saturated rings. The Morgan fingerprint density at radius 1 is 1.17 bits per heavy atom. The number of fused-ring (bicyclic) bond motifs is 1. The molecule has 4 rings (SSSR count). The zero-order chi connectivity index (χ0) is 15.8. The highest BCUT2D eigenvalue weighted by molar-refractivity contribution is 5.82. The maximum Gasteiger partial charge on any atom is 0.239 e. The van der Waals surface area contributed by atoms with Gasteiger partial charge in [-0.05, 0) is 48.9 Å². The van der Waals surface area contributed by atoms with Crippen LogP contribution in [0.15, 0.2) is 24.3 Å². The first-order chi connectivity index (χ1) is 11.2. The molecule has 0 radical (unpaired) electrons. The van der Waals surface area contributed by atoms with E-state index in [0.717, 1.165) is 57.7 Å². The number of nitrogens with zero attached hydrogens (tertiary/aromatic N) is 2. The van der Waals surface area contributed by atoms with E-state index in [2.05, 4.69) is 15.1 Å². The minimum atomic E-state index is -0.208. The summed E-state index contributed by atoms with van der Waals surface area (Å²) >= 11 is 0. The fraction of sp³-hybridized carbons (Fsp3) is 0.611. The highest BCUT2D eigenvalue weighted by Gasteiger charge is 2.41. The molecule has 124 valence electrons. The SMILES string of the molecule is O=C(C1CCCN1Cc1ccc(F)cc1)N1C[C@H]2CNC[C@H]2C1. The largest absolute Gasteiger partial charge is 0.341 e. The van der Waals surface area contributed by atoms with Gasteiger partial charge in [0.25, 0.3) is 0 Å². The molecule has 1 aromatic carbocycles. The van der Waals surface area contributed by atoms with Gasteiger partial charge in [0.1, 0.15) is 5.82 Å². The predicted molar refractivity (Wildman–Crippen MR) is 86.3 cm³/mol. The van der Waals surface area contributed by atoms with Crippen LogP contribution in [0, 0.1) is 17.7 Å². The topological polar surface area (TPSA) is 35.6 Å². The predicted octanol–water partition coefficient (Wildman–Crippen LogP) is 1.47. The van der Waals surface area contributed by atoms with E-state index in [1.54, 1.807) is 0 Å². The molecule has 1 N–H and O–H groups in total. The van der Waals surface area contributed by atoms with E-state index >= 15 is 0 Å². The molecule has 1 amide bonds. The zero-order valence-electron chi connectivity index (χ0n) is 13.4. The molecule has 0 aliphatic carbocycles. The Labute approximate surface area is 136 Å². The van der Waals surface area contributed by atoms with E-state index in [-0.39, 0.29) is 11.9 Å². The second-order valence-electron chi connectivity index (χ2n) is 7.18. The third-order valence-electron chi connectivity index (χ3n) is 5.65. The number of hydrogen-bond donors (Lipinski definition) is 1. The first-order valence-corrected chi connectivity index (χ1v) is 8.69. The summed E-state index contributed by atoms with van der Waals surface area (Å²) in [6.07, 6.45) is 2.02. The van der Waals surface area contributed by atoms with Crippen LogP contribution in [0.1, 0.15) is 18.4 Å². The van der Waals surface area contributed by atoms with Crippen molar-refractivity contribution in [1.82, 2.24) is 15.1 Å². The Balaban J connectivity index is 1.41. The molecule has 1 unspecified atom stereocenters. The van der Waals surface area contributed by atoms with Crippen LogP contribution in [0.25, 0.3) is 0 Å². The van der Waals surface area contributed by atoms with Crippen LogP contribution in [0.2, 0.25) is 0 Å². The lowest BCUT2D eigenvalue weighted by Gasteiger charge is -2.28. The quantitative estimate of drug-likeness (QED) is 0.917. The molecule has 3 saturated heterocycles. The third-order valence-corrected chi connectivity index (χ3v) is 5.65. The van der Waals surface area contributed by atoms with Crippen molar-refractivity contribution in [2.75, 3.05) is 32.7 Å². The van der Waals surface area contributed by atoms with E-state index in [4.69, 9.17) is 0 Å². The molecule has 5 heteroatoms. The number of likely N-dealkylation sites (tertiary alicyclic amines) is 2. The van der Waals surface area contributed by atoms with Crippen molar-refractivity contribution in [3.63, 3.8) is 0 Å². The van der Waals surface area contributed by atoms with Crippen LogP contribution in [0.4, 0.5) is 4.39 Å². The van der Waals surface area contributed by atoms with Gasteiger partial charge in [0.15, 0.2) is 0 Å². The van der Waals surface area contributed by atoms with Crippen molar-refractivity contribution in [3.05, 3.63) is 35.6 Å². The number of carbonyl (C=O) groups is 1. The first-order valence-electron chi connectivity index (χ1n) is 8.69.